The van der Waals surface area contributed by atoms with Crippen molar-refractivity contribution in [3.8, 4) is 5.75 Å². The predicted molar refractivity (Wildman–Crippen MR) is 119 cm³/mol. The zero-order valence-corrected chi connectivity index (χ0v) is 18.3. The van der Waals surface area contributed by atoms with Crippen LogP contribution < -0.4 is 4.74 Å². The zero-order chi connectivity index (χ0) is 20.5. The van der Waals surface area contributed by atoms with Gasteiger partial charge in [-0.15, -0.1) is 0 Å². The van der Waals surface area contributed by atoms with E-state index >= 15 is 0 Å². The molecule has 0 heterocycles. The molecule has 0 atom stereocenters. The highest BCUT2D eigenvalue weighted by molar-refractivity contribution is 5.92. The van der Waals surface area contributed by atoms with Crippen LogP contribution in [0.3, 0.4) is 0 Å². The number of carbonyl (C=O) groups is 1. The van der Waals surface area contributed by atoms with Crippen molar-refractivity contribution in [1.29, 1.82) is 0 Å². The van der Waals surface area contributed by atoms with Crippen LogP contribution in [0.25, 0.3) is 0 Å². The van der Waals surface area contributed by atoms with Crippen molar-refractivity contribution < 1.29 is 14.6 Å². The maximum Gasteiger partial charge on any atom is 0.339 e. The van der Waals surface area contributed by atoms with E-state index in [2.05, 4.69) is 6.92 Å². The molecule has 0 amide bonds. The smallest absolute Gasteiger partial charge is 0.339 e. The Bertz CT molecular complexity index is 525. The van der Waals surface area contributed by atoms with E-state index < -0.39 is 5.97 Å². The lowest BCUT2D eigenvalue weighted by atomic mass is 9.99. The largest absolute Gasteiger partial charge is 0.496 e. The number of methoxy groups -OCH3 is 1. The van der Waals surface area contributed by atoms with E-state index in [4.69, 9.17) is 4.74 Å². The molecule has 0 spiro atoms. The molecule has 160 valence electrons. The van der Waals surface area contributed by atoms with Gasteiger partial charge in [0.25, 0.3) is 0 Å². The summed E-state index contributed by atoms with van der Waals surface area (Å²) in [6, 6.07) is 5.51. The average molecular weight is 391 g/mol. The predicted octanol–water partition coefficient (Wildman–Crippen LogP) is 7.81. The van der Waals surface area contributed by atoms with Gasteiger partial charge < -0.3 is 9.84 Å². The zero-order valence-electron chi connectivity index (χ0n) is 18.3. The van der Waals surface area contributed by atoms with Crippen molar-refractivity contribution in [2.45, 2.75) is 110 Å². The summed E-state index contributed by atoms with van der Waals surface area (Å²) in [5.41, 5.74) is 1.22. The average Bonchev–Trinajstić information content (AvgIpc) is 2.70. The normalized spacial score (nSPS) is 10.9. The summed E-state index contributed by atoms with van der Waals surface area (Å²) in [4.78, 5) is 11.5. The lowest BCUT2D eigenvalue weighted by molar-refractivity contribution is 0.0692. The third-order valence-corrected chi connectivity index (χ3v) is 5.60. The summed E-state index contributed by atoms with van der Waals surface area (Å²) in [5.74, 6) is -0.431. The molecule has 0 aromatic heterocycles. The van der Waals surface area contributed by atoms with Gasteiger partial charge in [0.2, 0.25) is 0 Å². The van der Waals surface area contributed by atoms with E-state index in [1.54, 1.807) is 6.07 Å². The molecule has 0 aliphatic heterocycles. The molecule has 1 N–H and O–H groups in total. The summed E-state index contributed by atoms with van der Waals surface area (Å²) >= 11 is 0. The number of unbranched alkanes of at least 4 members (excludes halogenated alkanes) is 14. The van der Waals surface area contributed by atoms with Gasteiger partial charge in [-0.05, 0) is 24.5 Å². The number of rotatable bonds is 18. The highest BCUT2D eigenvalue weighted by Crippen LogP contribution is 2.24. The Balaban J connectivity index is 1.99. The van der Waals surface area contributed by atoms with Gasteiger partial charge in [-0.3, -0.25) is 0 Å². The SMILES string of the molecule is CCCCCCCCCCCCCCCCCc1cccc(OC)c1C(=O)O. The molecule has 0 saturated carbocycles. The first-order valence-corrected chi connectivity index (χ1v) is 11.6. The van der Waals surface area contributed by atoms with E-state index in [0.717, 1.165) is 18.4 Å². The molecule has 0 bridgehead atoms. The molecule has 0 aliphatic carbocycles. The monoisotopic (exact) mass is 390 g/mol. The minimum absolute atomic E-state index is 0.329. The number of hydrogen-bond acceptors (Lipinski definition) is 2. The molecule has 0 radical (unpaired) electrons. The fourth-order valence-corrected chi connectivity index (χ4v) is 3.88. The van der Waals surface area contributed by atoms with Crippen molar-refractivity contribution in [2.24, 2.45) is 0 Å². The third-order valence-electron chi connectivity index (χ3n) is 5.60. The van der Waals surface area contributed by atoms with Crippen molar-refractivity contribution in [3.63, 3.8) is 0 Å². The van der Waals surface area contributed by atoms with Gasteiger partial charge >= 0.3 is 5.97 Å². The Morgan fingerprint density at radius 1 is 0.786 bits per heavy atom. The van der Waals surface area contributed by atoms with Crippen LogP contribution in [0, 0.1) is 0 Å². The van der Waals surface area contributed by atoms with Crippen LogP contribution in [0.4, 0.5) is 0 Å². The van der Waals surface area contributed by atoms with Crippen molar-refractivity contribution in [3.05, 3.63) is 29.3 Å². The first-order valence-electron chi connectivity index (χ1n) is 11.6. The van der Waals surface area contributed by atoms with Crippen molar-refractivity contribution >= 4 is 5.97 Å². The van der Waals surface area contributed by atoms with Crippen LogP contribution in [0.15, 0.2) is 18.2 Å². The number of aryl methyl sites for hydroxylation is 1. The second-order valence-electron chi connectivity index (χ2n) is 8.00. The molecule has 28 heavy (non-hydrogen) atoms. The molecule has 1 aromatic carbocycles. The number of carboxylic acids is 1. The van der Waals surface area contributed by atoms with Crippen LogP contribution in [0.1, 0.15) is 119 Å². The molecular formula is C25H42O3. The van der Waals surface area contributed by atoms with E-state index in [0.29, 0.717) is 11.3 Å². The molecule has 0 unspecified atom stereocenters. The molecular weight excluding hydrogens is 348 g/mol. The number of hydrogen-bond donors (Lipinski definition) is 1. The fraction of sp³-hybridized carbons (Fsp3) is 0.720. The quantitative estimate of drug-likeness (QED) is 0.260. The summed E-state index contributed by atoms with van der Waals surface area (Å²) in [6.45, 7) is 2.27. The lowest BCUT2D eigenvalue weighted by Crippen LogP contribution is -2.05. The van der Waals surface area contributed by atoms with E-state index in [1.807, 2.05) is 12.1 Å². The van der Waals surface area contributed by atoms with Gasteiger partial charge in [0, 0.05) is 0 Å². The minimum atomic E-state index is -0.895. The molecule has 3 nitrogen and oxygen atoms in total. The number of benzene rings is 1. The maximum absolute atomic E-state index is 11.5. The Labute approximate surface area is 172 Å². The highest BCUT2D eigenvalue weighted by Gasteiger charge is 2.15. The first-order chi connectivity index (χ1) is 13.7. The van der Waals surface area contributed by atoms with Crippen LogP contribution in [-0.2, 0) is 6.42 Å². The third kappa shape index (κ3) is 10.7. The summed E-state index contributed by atoms with van der Waals surface area (Å²) in [7, 11) is 1.53. The van der Waals surface area contributed by atoms with Crippen molar-refractivity contribution in [1.82, 2.24) is 0 Å². The van der Waals surface area contributed by atoms with E-state index in [1.165, 1.54) is 97.0 Å². The minimum Gasteiger partial charge on any atom is -0.496 e. The molecule has 0 saturated heterocycles. The second kappa shape index (κ2) is 16.4. The van der Waals surface area contributed by atoms with Crippen molar-refractivity contribution in [2.75, 3.05) is 7.11 Å². The number of aromatic carboxylic acids is 1. The van der Waals surface area contributed by atoms with E-state index in [-0.39, 0.29) is 0 Å². The van der Waals surface area contributed by atoms with Gasteiger partial charge in [-0.2, -0.15) is 0 Å². The highest BCUT2D eigenvalue weighted by atomic mass is 16.5. The molecule has 3 heteroatoms. The van der Waals surface area contributed by atoms with Gasteiger partial charge in [0.1, 0.15) is 11.3 Å². The van der Waals surface area contributed by atoms with Crippen LogP contribution >= 0.6 is 0 Å². The van der Waals surface area contributed by atoms with Crippen LogP contribution in [-0.4, -0.2) is 18.2 Å². The molecule has 0 aliphatic rings. The Hall–Kier alpha value is -1.51. The second-order valence-corrected chi connectivity index (χ2v) is 8.00. The summed E-state index contributed by atoms with van der Waals surface area (Å²) in [5, 5.41) is 9.42. The number of ether oxygens (including phenoxy) is 1. The standard InChI is InChI=1S/C25H42O3/c1-3-4-5-6-7-8-9-10-11-12-13-14-15-16-17-19-22-20-18-21-23(28-2)24(22)25(26)27/h18,20-21H,3-17,19H2,1-2H3,(H,26,27). The Kier molecular flexibility index (Phi) is 14.4. The number of carboxylic acid groups (broad SMARTS) is 1. The fourth-order valence-electron chi connectivity index (χ4n) is 3.88. The summed E-state index contributed by atoms with van der Waals surface area (Å²) in [6.07, 6.45) is 21.0. The topological polar surface area (TPSA) is 46.5 Å². The molecule has 0 fully saturated rings. The van der Waals surface area contributed by atoms with Gasteiger partial charge in [0.15, 0.2) is 0 Å². The molecule has 1 aromatic rings. The summed E-state index contributed by atoms with van der Waals surface area (Å²) < 4.78 is 5.20. The Morgan fingerprint density at radius 3 is 1.68 bits per heavy atom. The van der Waals surface area contributed by atoms with Gasteiger partial charge in [-0.25, -0.2) is 4.79 Å². The lowest BCUT2D eigenvalue weighted by Gasteiger charge is -2.10. The van der Waals surface area contributed by atoms with Crippen LogP contribution in [0.2, 0.25) is 0 Å². The Morgan fingerprint density at radius 2 is 1.25 bits per heavy atom. The molecule has 1 rings (SSSR count). The first kappa shape index (κ1) is 24.5. The van der Waals surface area contributed by atoms with Crippen LogP contribution in [0.5, 0.6) is 5.75 Å². The van der Waals surface area contributed by atoms with E-state index in [9.17, 15) is 9.90 Å². The van der Waals surface area contributed by atoms with Gasteiger partial charge in [0.05, 0.1) is 7.11 Å². The maximum atomic E-state index is 11.5. The van der Waals surface area contributed by atoms with Gasteiger partial charge in [-0.1, -0.05) is 109 Å².